The van der Waals surface area contributed by atoms with E-state index in [0.29, 0.717) is 0 Å². The van der Waals surface area contributed by atoms with E-state index in [2.05, 4.69) is 63.5 Å². The number of carbonyl (C=O) groups is 1. The van der Waals surface area contributed by atoms with Crippen LogP contribution in [0.25, 0.3) is 0 Å². The van der Waals surface area contributed by atoms with Gasteiger partial charge in [-0.3, -0.25) is 9.36 Å². The van der Waals surface area contributed by atoms with E-state index in [0.717, 1.165) is 12.8 Å². The summed E-state index contributed by atoms with van der Waals surface area (Å²) in [7, 11) is -5.10. The fourth-order valence-corrected chi connectivity index (χ4v) is 6.91. The quantitative estimate of drug-likeness (QED) is 0.708. The summed E-state index contributed by atoms with van der Waals surface area (Å²) in [5.41, 5.74) is 0. The number of carbonyl (C=O) groups excluding carboxylic acids is 1. The standard InChI is InChI=1S/C14H33NO3Si3/c1-19(2,3)15-12(14(16)18-21(7,8)9)10-11-13(15)17-20(4,5)6/h12-13H,10-11H2,1-9H3. The fourth-order valence-electron chi connectivity index (χ4n) is 2.80. The Labute approximate surface area is 133 Å². The second kappa shape index (κ2) is 6.27. The molecule has 0 radical (unpaired) electrons. The van der Waals surface area contributed by atoms with Gasteiger partial charge in [-0.1, -0.05) is 19.6 Å². The molecule has 124 valence electrons. The third-order valence-electron chi connectivity index (χ3n) is 3.28. The van der Waals surface area contributed by atoms with Crippen LogP contribution in [-0.2, 0) is 13.6 Å². The van der Waals surface area contributed by atoms with E-state index in [-0.39, 0.29) is 18.2 Å². The maximum absolute atomic E-state index is 12.6. The van der Waals surface area contributed by atoms with Crippen molar-refractivity contribution in [1.82, 2.24) is 4.57 Å². The zero-order chi connectivity index (χ0) is 16.6. The van der Waals surface area contributed by atoms with Crippen LogP contribution in [0, 0.1) is 0 Å². The Kier molecular flexibility index (Phi) is 5.70. The predicted molar refractivity (Wildman–Crippen MR) is 95.9 cm³/mol. The molecule has 1 rings (SSSR count). The van der Waals surface area contributed by atoms with Crippen LogP contribution in [0.5, 0.6) is 0 Å². The highest BCUT2D eigenvalue weighted by Gasteiger charge is 2.47. The average Bonchev–Trinajstić information content (AvgIpc) is 2.54. The van der Waals surface area contributed by atoms with Crippen molar-refractivity contribution in [1.29, 1.82) is 0 Å². The molecule has 1 aliphatic rings. The van der Waals surface area contributed by atoms with Crippen LogP contribution < -0.4 is 0 Å². The van der Waals surface area contributed by atoms with E-state index < -0.39 is 24.9 Å². The molecule has 0 aliphatic carbocycles. The number of rotatable bonds is 5. The van der Waals surface area contributed by atoms with Crippen LogP contribution in [0.1, 0.15) is 12.8 Å². The Balaban J connectivity index is 2.93. The van der Waals surface area contributed by atoms with Gasteiger partial charge in [0.2, 0.25) is 8.32 Å². The molecule has 1 fully saturated rings. The molecule has 1 heterocycles. The van der Waals surface area contributed by atoms with Crippen molar-refractivity contribution in [3.63, 3.8) is 0 Å². The number of nitrogens with zero attached hydrogens (tertiary/aromatic N) is 1. The SMILES string of the molecule is C[Si](C)(C)OC(=O)C1CCC(O[Si](C)(C)C)N1[Si](C)(C)C. The Morgan fingerprint density at radius 2 is 1.43 bits per heavy atom. The summed E-state index contributed by atoms with van der Waals surface area (Å²) in [5, 5.41) is 0. The van der Waals surface area contributed by atoms with Crippen molar-refractivity contribution in [2.75, 3.05) is 0 Å². The zero-order valence-corrected chi connectivity index (χ0v) is 18.2. The fraction of sp³-hybridized carbons (Fsp3) is 0.929. The first-order chi connectivity index (χ1) is 9.21. The van der Waals surface area contributed by atoms with Crippen LogP contribution >= 0.6 is 0 Å². The number of hydrogen-bond acceptors (Lipinski definition) is 4. The molecular weight excluding hydrogens is 314 g/mol. The van der Waals surface area contributed by atoms with E-state index >= 15 is 0 Å². The Morgan fingerprint density at radius 3 is 1.81 bits per heavy atom. The highest BCUT2D eigenvalue weighted by Crippen LogP contribution is 2.33. The lowest BCUT2D eigenvalue weighted by atomic mass is 10.2. The number of hydrogen-bond donors (Lipinski definition) is 0. The van der Waals surface area contributed by atoms with Gasteiger partial charge in [-0.05, 0) is 52.1 Å². The monoisotopic (exact) mass is 347 g/mol. The molecule has 21 heavy (non-hydrogen) atoms. The second-order valence-electron chi connectivity index (χ2n) is 8.89. The van der Waals surface area contributed by atoms with Crippen molar-refractivity contribution in [2.24, 2.45) is 0 Å². The largest absolute Gasteiger partial charge is 0.519 e. The maximum atomic E-state index is 12.6. The molecule has 1 aliphatic heterocycles. The van der Waals surface area contributed by atoms with E-state index in [4.69, 9.17) is 8.85 Å². The summed E-state index contributed by atoms with van der Waals surface area (Å²) in [6.07, 6.45) is 1.91. The van der Waals surface area contributed by atoms with Gasteiger partial charge in [0.15, 0.2) is 8.32 Å². The molecule has 4 nitrogen and oxygen atoms in total. The van der Waals surface area contributed by atoms with Crippen molar-refractivity contribution in [2.45, 2.75) is 84.0 Å². The first kappa shape index (κ1) is 19.1. The van der Waals surface area contributed by atoms with Crippen LogP contribution in [0.3, 0.4) is 0 Å². The summed E-state index contributed by atoms with van der Waals surface area (Å²) in [4.78, 5) is 12.6. The van der Waals surface area contributed by atoms with Crippen molar-refractivity contribution >= 4 is 30.8 Å². The average molecular weight is 348 g/mol. The second-order valence-corrected chi connectivity index (χ2v) is 22.6. The molecule has 0 bridgehead atoms. The normalized spacial score (nSPS) is 25.2. The smallest absolute Gasteiger partial charge is 0.309 e. The van der Waals surface area contributed by atoms with Crippen LogP contribution in [0.2, 0.25) is 58.9 Å². The molecule has 2 unspecified atom stereocenters. The Morgan fingerprint density at radius 1 is 0.905 bits per heavy atom. The van der Waals surface area contributed by atoms with E-state index in [1.54, 1.807) is 0 Å². The molecule has 7 heteroatoms. The summed E-state index contributed by atoms with van der Waals surface area (Å²) < 4.78 is 14.5. The minimum absolute atomic E-state index is 0.0294. The van der Waals surface area contributed by atoms with E-state index in [9.17, 15) is 4.79 Å². The molecule has 0 aromatic heterocycles. The van der Waals surface area contributed by atoms with Gasteiger partial charge < -0.3 is 8.85 Å². The van der Waals surface area contributed by atoms with Gasteiger partial charge in [-0.25, -0.2) is 0 Å². The summed E-state index contributed by atoms with van der Waals surface area (Å²) in [5.74, 6) is -0.0294. The van der Waals surface area contributed by atoms with Gasteiger partial charge in [-0.2, -0.15) is 0 Å². The molecule has 0 aromatic rings. The van der Waals surface area contributed by atoms with Crippen LogP contribution in [0.4, 0.5) is 0 Å². The van der Waals surface area contributed by atoms with E-state index in [1.807, 2.05) is 0 Å². The lowest BCUT2D eigenvalue weighted by Gasteiger charge is -2.41. The predicted octanol–water partition coefficient (Wildman–Crippen LogP) is 3.84. The van der Waals surface area contributed by atoms with Gasteiger partial charge in [-0.15, -0.1) is 0 Å². The van der Waals surface area contributed by atoms with Crippen LogP contribution in [-0.4, -0.2) is 47.7 Å². The highest BCUT2D eigenvalue weighted by atomic mass is 28.4. The minimum Gasteiger partial charge on any atom is -0.519 e. The van der Waals surface area contributed by atoms with E-state index in [1.165, 1.54) is 0 Å². The summed E-state index contributed by atoms with van der Waals surface area (Å²) in [6.45, 7) is 19.7. The highest BCUT2D eigenvalue weighted by molar-refractivity contribution is 6.74. The third-order valence-corrected chi connectivity index (χ3v) is 7.22. The summed E-state index contributed by atoms with van der Waals surface area (Å²) >= 11 is 0. The molecule has 0 aromatic carbocycles. The molecular formula is C14H33NO3Si3. The minimum atomic E-state index is -1.84. The molecule has 1 saturated heterocycles. The lowest BCUT2D eigenvalue weighted by Crippen LogP contribution is -2.58. The Bertz CT molecular complexity index is 382. The van der Waals surface area contributed by atoms with Gasteiger partial charge in [0.1, 0.15) is 14.3 Å². The van der Waals surface area contributed by atoms with Crippen molar-refractivity contribution < 1.29 is 13.6 Å². The van der Waals surface area contributed by atoms with Gasteiger partial charge in [0, 0.05) is 0 Å². The summed E-state index contributed by atoms with van der Waals surface area (Å²) in [6, 6.07) is -0.107. The van der Waals surface area contributed by atoms with Crippen molar-refractivity contribution in [3.8, 4) is 0 Å². The molecule has 2 atom stereocenters. The molecule has 0 saturated carbocycles. The Hall–Kier alpha value is 0.0406. The lowest BCUT2D eigenvalue weighted by molar-refractivity contribution is -0.140. The molecule has 0 N–H and O–H groups in total. The van der Waals surface area contributed by atoms with Crippen molar-refractivity contribution in [3.05, 3.63) is 0 Å². The van der Waals surface area contributed by atoms with Crippen LogP contribution in [0.15, 0.2) is 0 Å². The first-order valence-corrected chi connectivity index (χ1v) is 18.2. The maximum Gasteiger partial charge on any atom is 0.309 e. The molecule has 0 amide bonds. The van der Waals surface area contributed by atoms with Gasteiger partial charge in [0.25, 0.3) is 0 Å². The van der Waals surface area contributed by atoms with Gasteiger partial charge >= 0.3 is 5.97 Å². The molecule has 0 spiro atoms. The third kappa shape index (κ3) is 5.97. The first-order valence-electron chi connectivity index (χ1n) is 7.90. The zero-order valence-electron chi connectivity index (χ0n) is 15.2. The van der Waals surface area contributed by atoms with Gasteiger partial charge in [0.05, 0.1) is 6.23 Å². The topological polar surface area (TPSA) is 38.8 Å².